The summed E-state index contributed by atoms with van der Waals surface area (Å²) in [5.41, 5.74) is 7.53. The van der Waals surface area contributed by atoms with Crippen LogP contribution in [0.5, 0.6) is 0 Å². The van der Waals surface area contributed by atoms with Gasteiger partial charge in [0.1, 0.15) is 0 Å². The summed E-state index contributed by atoms with van der Waals surface area (Å²) in [5, 5.41) is 0. The molecule has 0 aromatic heterocycles. The van der Waals surface area contributed by atoms with Crippen molar-refractivity contribution < 1.29 is 8.42 Å². The van der Waals surface area contributed by atoms with Crippen LogP contribution >= 0.6 is 0 Å². The van der Waals surface area contributed by atoms with E-state index in [1.807, 2.05) is 0 Å². The minimum absolute atomic E-state index is 0.189. The second kappa shape index (κ2) is 6.36. The number of sulfone groups is 1. The Morgan fingerprint density at radius 3 is 2.33 bits per heavy atom. The van der Waals surface area contributed by atoms with Gasteiger partial charge < -0.3 is 5.73 Å². The van der Waals surface area contributed by atoms with Crippen molar-refractivity contribution in [3.63, 3.8) is 0 Å². The summed E-state index contributed by atoms with van der Waals surface area (Å²) in [4.78, 5) is 0. The molecule has 0 bridgehead atoms. The zero-order valence-corrected chi connectivity index (χ0v) is 7.94. The first-order valence-electron chi connectivity index (χ1n) is 3.96. The summed E-state index contributed by atoms with van der Waals surface area (Å²) in [6, 6.07) is 0. The Hall–Kier alpha value is -0.170. The Morgan fingerprint density at radius 1 is 1.17 bits per heavy atom. The van der Waals surface area contributed by atoms with Crippen molar-refractivity contribution >= 4 is 9.84 Å². The summed E-state index contributed by atoms with van der Waals surface area (Å²) in [7, 11) is -2.98. The average molecular weight is 195 g/mol. The SMILES string of the molecule is NCS(=O)(=O)CCCCCNN. The highest BCUT2D eigenvalue weighted by atomic mass is 32.2. The monoisotopic (exact) mass is 195 g/mol. The molecule has 6 heteroatoms. The molecule has 0 spiro atoms. The van der Waals surface area contributed by atoms with Crippen molar-refractivity contribution in [3.05, 3.63) is 0 Å². The van der Waals surface area contributed by atoms with Crippen LogP contribution in [-0.2, 0) is 9.84 Å². The first kappa shape index (κ1) is 11.8. The second-order valence-electron chi connectivity index (χ2n) is 2.63. The fourth-order valence-electron chi connectivity index (χ4n) is 0.809. The molecule has 0 radical (unpaired) electrons. The van der Waals surface area contributed by atoms with Gasteiger partial charge in [0.05, 0.1) is 11.6 Å². The predicted molar refractivity (Wildman–Crippen MR) is 48.9 cm³/mol. The second-order valence-corrected chi connectivity index (χ2v) is 4.86. The topological polar surface area (TPSA) is 98.2 Å². The van der Waals surface area contributed by atoms with Crippen LogP contribution in [0, 0.1) is 0 Å². The molecule has 74 valence electrons. The van der Waals surface area contributed by atoms with E-state index >= 15 is 0 Å². The van der Waals surface area contributed by atoms with Crippen LogP contribution in [-0.4, -0.2) is 26.6 Å². The average Bonchev–Trinajstić information content (AvgIpc) is 2.04. The molecule has 0 aromatic rings. The van der Waals surface area contributed by atoms with Gasteiger partial charge in [-0.3, -0.25) is 11.3 Å². The predicted octanol–water partition coefficient (Wildman–Crippen LogP) is -1.05. The maximum atomic E-state index is 10.9. The molecule has 5 nitrogen and oxygen atoms in total. The zero-order chi connectivity index (χ0) is 9.45. The molecule has 0 saturated heterocycles. The summed E-state index contributed by atoms with van der Waals surface area (Å²) in [6.45, 7) is 0.725. The number of hydrogen-bond donors (Lipinski definition) is 3. The van der Waals surface area contributed by atoms with E-state index in [-0.39, 0.29) is 11.6 Å². The van der Waals surface area contributed by atoms with Crippen LogP contribution in [0.25, 0.3) is 0 Å². The smallest absolute Gasteiger partial charge is 0.163 e. The lowest BCUT2D eigenvalue weighted by molar-refractivity contribution is 0.586. The van der Waals surface area contributed by atoms with Crippen molar-refractivity contribution in [2.45, 2.75) is 19.3 Å². The zero-order valence-electron chi connectivity index (χ0n) is 7.12. The Balaban J connectivity index is 3.32. The van der Waals surface area contributed by atoms with E-state index in [0.717, 1.165) is 19.4 Å². The van der Waals surface area contributed by atoms with Gasteiger partial charge in [0, 0.05) is 6.54 Å². The fourth-order valence-corrected chi connectivity index (χ4v) is 1.62. The van der Waals surface area contributed by atoms with E-state index in [2.05, 4.69) is 5.43 Å². The van der Waals surface area contributed by atoms with Crippen molar-refractivity contribution in [2.75, 3.05) is 18.2 Å². The van der Waals surface area contributed by atoms with Gasteiger partial charge in [-0.05, 0) is 12.8 Å². The molecular weight excluding hydrogens is 178 g/mol. The van der Waals surface area contributed by atoms with Gasteiger partial charge in [0.25, 0.3) is 0 Å². The van der Waals surface area contributed by atoms with Crippen LogP contribution in [0.15, 0.2) is 0 Å². The molecular formula is C6H17N3O2S. The normalized spacial score (nSPS) is 11.8. The Kier molecular flexibility index (Phi) is 6.27. The highest BCUT2D eigenvalue weighted by molar-refractivity contribution is 7.91. The fraction of sp³-hybridized carbons (Fsp3) is 1.00. The van der Waals surface area contributed by atoms with Crippen molar-refractivity contribution in [2.24, 2.45) is 11.6 Å². The molecule has 12 heavy (non-hydrogen) atoms. The summed E-state index contributed by atoms with van der Waals surface area (Å²) >= 11 is 0. The molecule has 0 fully saturated rings. The molecule has 0 heterocycles. The van der Waals surface area contributed by atoms with Gasteiger partial charge in [-0.15, -0.1) is 0 Å². The number of hydrazine groups is 1. The molecule has 0 atom stereocenters. The molecule has 0 aromatic carbocycles. The van der Waals surface area contributed by atoms with Crippen LogP contribution in [0.2, 0.25) is 0 Å². The minimum atomic E-state index is -2.98. The van der Waals surface area contributed by atoms with Crippen molar-refractivity contribution in [3.8, 4) is 0 Å². The third-order valence-electron chi connectivity index (χ3n) is 1.53. The highest BCUT2D eigenvalue weighted by Crippen LogP contribution is 1.98. The van der Waals surface area contributed by atoms with Gasteiger partial charge in [-0.25, -0.2) is 8.42 Å². The Morgan fingerprint density at radius 2 is 1.83 bits per heavy atom. The van der Waals surface area contributed by atoms with E-state index in [9.17, 15) is 8.42 Å². The molecule has 0 amide bonds. The van der Waals surface area contributed by atoms with Crippen LogP contribution in [0.4, 0.5) is 0 Å². The largest absolute Gasteiger partial charge is 0.318 e. The highest BCUT2D eigenvalue weighted by Gasteiger charge is 2.05. The van der Waals surface area contributed by atoms with E-state index in [4.69, 9.17) is 11.6 Å². The quantitative estimate of drug-likeness (QED) is 0.273. The lowest BCUT2D eigenvalue weighted by atomic mass is 10.2. The lowest BCUT2D eigenvalue weighted by Crippen LogP contribution is -2.23. The van der Waals surface area contributed by atoms with Gasteiger partial charge >= 0.3 is 0 Å². The molecule has 0 saturated carbocycles. The molecule has 0 unspecified atom stereocenters. The maximum absolute atomic E-state index is 10.9. The first-order chi connectivity index (χ1) is 5.62. The summed E-state index contributed by atoms with van der Waals surface area (Å²) < 4.78 is 21.7. The van der Waals surface area contributed by atoms with Gasteiger partial charge in [-0.1, -0.05) is 6.42 Å². The van der Waals surface area contributed by atoms with Crippen LogP contribution in [0.1, 0.15) is 19.3 Å². The van der Waals surface area contributed by atoms with Crippen LogP contribution < -0.4 is 17.0 Å². The third kappa shape index (κ3) is 6.53. The van der Waals surface area contributed by atoms with Crippen molar-refractivity contribution in [1.29, 1.82) is 0 Å². The minimum Gasteiger partial charge on any atom is -0.318 e. The molecule has 0 rings (SSSR count). The molecule has 0 aliphatic carbocycles. The Bertz CT molecular complexity index is 191. The summed E-state index contributed by atoms with van der Waals surface area (Å²) in [6.07, 6.45) is 2.43. The standard InChI is InChI=1S/C6H17N3O2S/c7-6-12(10,11)5-3-1-2-4-9-8/h9H,1-8H2. The van der Waals surface area contributed by atoms with Gasteiger partial charge in [0.15, 0.2) is 9.84 Å². The van der Waals surface area contributed by atoms with E-state index in [0.29, 0.717) is 6.42 Å². The van der Waals surface area contributed by atoms with Gasteiger partial charge in [0.2, 0.25) is 0 Å². The van der Waals surface area contributed by atoms with Crippen LogP contribution in [0.3, 0.4) is 0 Å². The third-order valence-corrected chi connectivity index (χ3v) is 2.95. The van der Waals surface area contributed by atoms with E-state index in [1.54, 1.807) is 0 Å². The first-order valence-corrected chi connectivity index (χ1v) is 5.78. The number of nitrogens with one attached hydrogen (secondary N) is 1. The maximum Gasteiger partial charge on any atom is 0.163 e. The van der Waals surface area contributed by atoms with Crippen molar-refractivity contribution in [1.82, 2.24) is 5.43 Å². The number of unbranched alkanes of at least 4 members (excludes halogenated alkanes) is 2. The Labute approximate surface area is 73.4 Å². The molecule has 5 N–H and O–H groups in total. The number of hydrogen-bond acceptors (Lipinski definition) is 5. The summed E-state index contributed by atoms with van der Waals surface area (Å²) in [5.74, 6) is 4.98. The number of nitrogens with two attached hydrogens (primary N) is 2. The van der Waals surface area contributed by atoms with E-state index < -0.39 is 9.84 Å². The van der Waals surface area contributed by atoms with E-state index in [1.165, 1.54) is 0 Å². The number of rotatable bonds is 7. The lowest BCUT2D eigenvalue weighted by Gasteiger charge is -2.00. The molecule has 0 aliphatic heterocycles. The molecule has 0 aliphatic rings. The van der Waals surface area contributed by atoms with Gasteiger partial charge in [-0.2, -0.15) is 0 Å².